The minimum absolute atomic E-state index is 0.540. The second-order valence-electron chi connectivity index (χ2n) is 4.29. The van der Waals surface area contributed by atoms with Crippen LogP contribution < -0.4 is 0 Å². The number of hydrogen-bond acceptors (Lipinski definition) is 3. The third kappa shape index (κ3) is 2.35. The molecule has 0 radical (unpaired) electrons. The zero-order chi connectivity index (χ0) is 13.2. The van der Waals surface area contributed by atoms with Crippen molar-refractivity contribution in [1.29, 1.82) is 0 Å². The van der Waals surface area contributed by atoms with E-state index >= 15 is 0 Å². The van der Waals surface area contributed by atoms with Gasteiger partial charge in [0.15, 0.2) is 0 Å². The van der Waals surface area contributed by atoms with E-state index in [0.29, 0.717) is 10.8 Å². The minimum atomic E-state index is 0.540. The average molecular weight is 271 g/mol. The Balaban J connectivity index is 2.18. The van der Waals surface area contributed by atoms with Crippen LogP contribution in [0.25, 0.3) is 22.5 Å². The molecule has 0 unspecified atom stereocenters. The molecule has 0 aliphatic heterocycles. The number of tetrazole rings is 1. The molecule has 0 atom stereocenters. The van der Waals surface area contributed by atoms with Crippen LogP contribution in [0, 0.1) is 6.92 Å². The molecule has 0 saturated heterocycles. The summed E-state index contributed by atoms with van der Waals surface area (Å²) in [5.74, 6) is 0.540. The lowest BCUT2D eigenvalue weighted by Gasteiger charge is -2.07. The van der Waals surface area contributed by atoms with Gasteiger partial charge in [0.1, 0.15) is 0 Å². The number of nitrogens with one attached hydrogen (secondary N) is 1. The number of aromatic amines is 1. The molecule has 94 valence electrons. The Morgan fingerprint density at radius 1 is 1.00 bits per heavy atom. The predicted molar refractivity (Wildman–Crippen MR) is 74.8 cm³/mol. The summed E-state index contributed by atoms with van der Waals surface area (Å²) in [4.78, 5) is 0. The lowest BCUT2D eigenvalue weighted by atomic mass is 9.98. The minimum Gasteiger partial charge on any atom is -0.177 e. The van der Waals surface area contributed by atoms with Crippen molar-refractivity contribution in [2.45, 2.75) is 6.92 Å². The van der Waals surface area contributed by atoms with Crippen molar-refractivity contribution >= 4 is 11.6 Å². The van der Waals surface area contributed by atoms with Crippen molar-refractivity contribution in [1.82, 2.24) is 20.6 Å². The van der Waals surface area contributed by atoms with Gasteiger partial charge in [-0.2, -0.15) is 5.21 Å². The molecule has 0 fully saturated rings. The molecular formula is C14H11ClN4. The molecule has 0 saturated carbocycles. The van der Waals surface area contributed by atoms with Gasteiger partial charge in [-0.1, -0.05) is 47.5 Å². The van der Waals surface area contributed by atoms with Crippen molar-refractivity contribution in [2.75, 3.05) is 0 Å². The summed E-state index contributed by atoms with van der Waals surface area (Å²) in [6.07, 6.45) is 0. The van der Waals surface area contributed by atoms with Gasteiger partial charge in [0.2, 0.25) is 5.82 Å². The van der Waals surface area contributed by atoms with E-state index in [2.05, 4.69) is 51.8 Å². The number of nitrogens with zero attached hydrogens (tertiary/aromatic N) is 3. The number of hydrogen-bond donors (Lipinski definition) is 1. The standard InChI is InChI=1S/C14H11ClN4/c1-9-2-4-10(5-3-9)12-7-6-11(15)8-13(12)14-16-18-19-17-14/h2-8H,1H3,(H,16,17,18,19). The van der Waals surface area contributed by atoms with Crippen LogP contribution in [0.4, 0.5) is 0 Å². The molecule has 0 aliphatic rings. The van der Waals surface area contributed by atoms with E-state index in [-0.39, 0.29) is 0 Å². The first kappa shape index (κ1) is 11.9. The van der Waals surface area contributed by atoms with Gasteiger partial charge in [-0.3, -0.25) is 0 Å². The van der Waals surface area contributed by atoms with Gasteiger partial charge in [-0.15, -0.1) is 10.2 Å². The summed E-state index contributed by atoms with van der Waals surface area (Å²) in [5, 5.41) is 14.8. The highest BCUT2D eigenvalue weighted by atomic mass is 35.5. The monoisotopic (exact) mass is 270 g/mol. The number of aromatic nitrogens is 4. The van der Waals surface area contributed by atoms with Crippen molar-refractivity contribution in [3.05, 3.63) is 53.1 Å². The first-order valence-electron chi connectivity index (χ1n) is 5.84. The maximum absolute atomic E-state index is 6.06. The van der Waals surface area contributed by atoms with Crippen molar-refractivity contribution in [2.24, 2.45) is 0 Å². The molecule has 0 amide bonds. The third-order valence-electron chi connectivity index (χ3n) is 2.93. The van der Waals surface area contributed by atoms with Crippen LogP contribution in [0.3, 0.4) is 0 Å². The van der Waals surface area contributed by atoms with E-state index in [1.165, 1.54) is 5.56 Å². The highest BCUT2D eigenvalue weighted by Crippen LogP contribution is 2.32. The number of halogens is 1. The molecule has 1 heterocycles. The fourth-order valence-electron chi connectivity index (χ4n) is 1.96. The molecular weight excluding hydrogens is 260 g/mol. The second-order valence-corrected chi connectivity index (χ2v) is 4.73. The zero-order valence-corrected chi connectivity index (χ0v) is 11.0. The highest BCUT2D eigenvalue weighted by molar-refractivity contribution is 6.31. The molecule has 1 aromatic heterocycles. The van der Waals surface area contributed by atoms with E-state index in [0.717, 1.165) is 16.7 Å². The smallest absolute Gasteiger partial charge is 0.177 e. The molecule has 0 spiro atoms. The van der Waals surface area contributed by atoms with Gasteiger partial charge in [-0.05, 0) is 35.4 Å². The van der Waals surface area contributed by atoms with E-state index in [1.54, 1.807) is 0 Å². The first-order chi connectivity index (χ1) is 9.24. The summed E-state index contributed by atoms with van der Waals surface area (Å²) in [7, 11) is 0. The Hall–Kier alpha value is -2.20. The van der Waals surface area contributed by atoms with Crippen LogP contribution in [-0.4, -0.2) is 20.6 Å². The zero-order valence-electron chi connectivity index (χ0n) is 10.3. The molecule has 4 nitrogen and oxygen atoms in total. The second kappa shape index (κ2) is 4.82. The maximum Gasteiger partial charge on any atom is 0.205 e. The number of benzene rings is 2. The molecule has 3 aromatic rings. The van der Waals surface area contributed by atoms with E-state index in [1.807, 2.05) is 18.2 Å². The number of aryl methyl sites for hydroxylation is 1. The Labute approximate surface area is 115 Å². The van der Waals surface area contributed by atoms with Crippen molar-refractivity contribution in [3.8, 4) is 22.5 Å². The fourth-order valence-corrected chi connectivity index (χ4v) is 2.13. The molecule has 19 heavy (non-hydrogen) atoms. The Morgan fingerprint density at radius 3 is 2.47 bits per heavy atom. The van der Waals surface area contributed by atoms with Gasteiger partial charge in [-0.25, -0.2) is 0 Å². The van der Waals surface area contributed by atoms with Gasteiger partial charge in [0, 0.05) is 10.6 Å². The van der Waals surface area contributed by atoms with E-state index in [9.17, 15) is 0 Å². The van der Waals surface area contributed by atoms with Gasteiger partial charge < -0.3 is 0 Å². The summed E-state index contributed by atoms with van der Waals surface area (Å²) >= 11 is 6.06. The largest absolute Gasteiger partial charge is 0.205 e. The topological polar surface area (TPSA) is 54.5 Å². The van der Waals surface area contributed by atoms with Crippen LogP contribution in [-0.2, 0) is 0 Å². The summed E-state index contributed by atoms with van der Waals surface area (Å²) in [5.41, 5.74) is 4.22. The summed E-state index contributed by atoms with van der Waals surface area (Å²) in [6.45, 7) is 2.06. The van der Waals surface area contributed by atoms with Crippen molar-refractivity contribution in [3.63, 3.8) is 0 Å². The summed E-state index contributed by atoms with van der Waals surface area (Å²) < 4.78 is 0. The van der Waals surface area contributed by atoms with Crippen molar-refractivity contribution < 1.29 is 0 Å². The molecule has 0 bridgehead atoms. The Morgan fingerprint density at radius 2 is 1.79 bits per heavy atom. The average Bonchev–Trinajstić information content (AvgIpc) is 2.94. The highest BCUT2D eigenvalue weighted by Gasteiger charge is 2.11. The quantitative estimate of drug-likeness (QED) is 0.775. The molecule has 5 heteroatoms. The van der Waals surface area contributed by atoms with Crippen LogP contribution in [0.5, 0.6) is 0 Å². The first-order valence-corrected chi connectivity index (χ1v) is 6.22. The van der Waals surface area contributed by atoms with Gasteiger partial charge in [0.25, 0.3) is 0 Å². The fraction of sp³-hybridized carbons (Fsp3) is 0.0714. The maximum atomic E-state index is 6.06. The van der Waals surface area contributed by atoms with Crippen LogP contribution in [0.15, 0.2) is 42.5 Å². The lowest BCUT2D eigenvalue weighted by molar-refractivity contribution is 0.881. The SMILES string of the molecule is Cc1ccc(-c2ccc(Cl)cc2-c2nn[nH]n2)cc1. The number of rotatable bonds is 2. The molecule has 3 rings (SSSR count). The van der Waals surface area contributed by atoms with Gasteiger partial charge >= 0.3 is 0 Å². The molecule has 2 aromatic carbocycles. The molecule has 1 N–H and O–H groups in total. The van der Waals surface area contributed by atoms with Crippen LogP contribution >= 0.6 is 11.6 Å². The van der Waals surface area contributed by atoms with Crippen LogP contribution in [0.1, 0.15) is 5.56 Å². The predicted octanol–water partition coefficient (Wildman–Crippen LogP) is 3.50. The number of H-pyrrole nitrogens is 1. The van der Waals surface area contributed by atoms with Gasteiger partial charge in [0.05, 0.1) is 0 Å². The molecule has 0 aliphatic carbocycles. The van der Waals surface area contributed by atoms with Crippen LogP contribution in [0.2, 0.25) is 5.02 Å². The summed E-state index contributed by atoms with van der Waals surface area (Å²) in [6, 6.07) is 14.0. The lowest BCUT2D eigenvalue weighted by Crippen LogP contribution is -1.88. The Kier molecular flexibility index (Phi) is 3.01. The van der Waals surface area contributed by atoms with E-state index < -0.39 is 0 Å². The Bertz CT molecular complexity index is 690. The van der Waals surface area contributed by atoms with E-state index in [4.69, 9.17) is 11.6 Å². The normalized spacial score (nSPS) is 10.6. The third-order valence-corrected chi connectivity index (χ3v) is 3.17.